The molecule has 0 aliphatic carbocycles. The second kappa shape index (κ2) is 4.38. The Balaban J connectivity index is 0. The SMILES string of the molecule is O=c1[nH]c(=O)n(Cl)c(=O)[nH]1.[H-].[K+]. The minimum absolute atomic E-state index is 0. The number of nitrogens with one attached hydrogen (secondary N) is 2. The molecule has 0 amide bonds. The summed E-state index contributed by atoms with van der Waals surface area (Å²) in [6, 6.07) is 0. The molecule has 56 valence electrons. The fraction of sp³-hybridized carbons (Fsp3) is 0. The Labute approximate surface area is 109 Å². The molecule has 1 aromatic rings. The molecule has 0 aliphatic rings. The summed E-state index contributed by atoms with van der Waals surface area (Å²) in [5.74, 6) is 0. The van der Waals surface area contributed by atoms with Gasteiger partial charge in [-0.15, -0.1) is 0 Å². The summed E-state index contributed by atoms with van der Waals surface area (Å²) in [5.41, 5.74) is -2.77. The van der Waals surface area contributed by atoms with E-state index in [0.29, 0.717) is 0 Å². The Morgan fingerprint density at radius 3 is 1.91 bits per heavy atom. The van der Waals surface area contributed by atoms with Gasteiger partial charge in [0.15, 0.2) is 0 Å². The molecule has 0 radical (unpaired) electrons. The molecule has 1 aromatic heterocycles. The van der Waals surface area contributed by atoms with Crippen LogP contribution in [0.15, 0.2) is 14.4 Å². The molecule has 1 rings (SSSR count). The van der Waals surface area contributed by atoms with Crippen LogP contribution in [0.5, 0.6) is 0 Å². The molecule has 0 atom stereocenters. The number of hydrogen-bond acceptors (Lipinski definition) is 3. The van der Waals surface area contributed by atoms with Crippen LogP contribution in [0.25, 0.3) is 0 Å². The fourth-order valence-corrected chi connectivity index (χ4v) is 0.500. The minimum Gasteiger partial charge on any atom is -1.00 e. The van der Waals surface area contributed by atoms with E-state index in [1.165, 1.54) is 0 Å². The van der Waals surface area contributed by atoms with Crippen LogP contribution in [0.4, 0.5) is 0 Å². The van der Waals surface area contributed by atoms with Gasteiger partial charge in [0, 0.05) is 11.8 Å². The van der Waals surface area contributed by atoms with Gasteiger partial charge in [0.25, 0.3) is 0 Å². The zero-order valence-electron chi connectivity index (χ0n) is 6.55. The number of H-pyrrole nitrogens is 2. The first-order chi connectivity index (χ1) is 4.61. The van der Waals surface area contributed by atoms with E-state index in [1.54, 1.807) is 9.97 Å². The van der Waals surface area contributed by atoms with Gasteiger partial charge >= 0.3 is 68.5 Å². The average molecular weight is 204 g/mol. The van der Waals surface area contributed by atoms with Crippen LogP contribution in [-0.4, -0.2) is 14.1 Å². The largest absolute Gasteiger partial charge is 1.00 e. The zero-order valence-corrected chi connectivity index (χ0v) is 9.43. The molecule has 2 N–H and O–H groups in total. The summed E-state index contributed by atoms with van der Waals surface area (Å²) in [5, 5.41) is 0. The van der Waals surface area contributed by atoms with Crippen molar-refractivity contribution in [2.24, 2.45) is 0 Å². The van der Waals surface area contributed by atoms with Gasteiger partial charge in [-0.05, 0) is 0 Å². The molecule has 0 saturated heterocycles. The average Bonchev–Trinajstić information content (AvgIpc) is 1.82. The number of aromatic amines is 2. The van der Waals surface area contributed by atoms with Crippen LogP contribution in [0.2, 0.25) is 0 Å². The normalized spacial score (nSPS) is 8.82. The van der Waals surface area contributed by atoms with Gasteiger partial charge in [0.1, 0.15) is 0 Å². The number of aromatic nitrogens is 3. The molecule has 8 heteroatoms. The summed E-state index contributed by atoms with van der Waals surface area (Å²) >= 11 is 5.04. The van der Waals surface area contributed by atoms with Crippen LogP contribution in [0.3, 0.4) is 0 Å². The summed E-state index contributed by atoms with van der Waals surface area (Å²) in [6.07, 6.45) is 0. The Morgan fingerprint density at radius 1 is 1.18 bits per heavy atom. The van der Waals surface area contributed by atoms with E-state index in [-0.39, 0.29) is 56.9 Å². The van der Waals surface area contributed by atoms with Crippen molar-refractivity contribution in [3.8, 4) is 0 Å². The van der Waals surface area contributed by atoms with E-state index < -0.39 is 17.1 Å². The minimum atomic E-state index is -0.949. The molecule has 0 aliphatic heterocycles. The fourth-order valence-electron chi connectivity index (χ4n) is 0.416. The Kier molecular flexibility index (Phi) is 4.52. The molecule has 0 saturated carbocycles. The number of halogens is 1. The molecule has 11 heavy (non-hydrogen) atoms. The smallest absolute Gasteiger partial charge is 1.00 e. The summed E-state index contributed by atoms with van der Waals surface area (Å²) in [7, 11) is 0. The first kappa shape index (κ1) is 11.3. The molecular formula is C3H3ClKN3O3. The van der Waals surface area contributed by atoms with Crippen molar-refractivity contribution in [2.75, 3.05) is 0 Å². The second-order valence-corrected chi connectivity index (χ2v) is 1.81. The van der Waals surface area contributed by atoms with Crippen LogP contribution in [-0.2, 0) is 0 Å². The predicted molar refractivity (Wildman–Crippen MR) is 34.3 cm³/mol. The predicted octanol–water partition coefficient (Wildman–Crippen LogP) is -4.66. The van der Waals surface area contributed by atoms with Crippen molar-refractivity contribution < 1.29 is 52.8 Å². The molecule has 6 nitrogen and oxygen atoms in total. The summed E-state index contributed by atoms with van der Waals surface area (Å²) in [6.45, 7) is 0. The third kappa shape index (κ3) is 2.69. The Bertz CT molecular complexity index is 374. The third-order valence-electron chi connectivity index (χ3n) is 0.798. The van der Waals surface area contributed by atoms with E-state index in [0.717, 1.165) is 0 Å². The topological polar surface area (TPSA) is 87.7 Å². The molecule has 0 bridgehead atoms. The van der Waals surface area contributed by atoms with Gasteiger partial charge in [-0.3, -0.25) is 9.97 Å². The monoisotopic (exact) mass is 203 g/mol. The van der Waals surface area contributed by atoms with Gasteiger partial charge in [-0.1, -0.05) is 0 Å². The standard InChI is InChI=1S/C3H2ClN3O3.K.H/c4-7-2(9)5-1(8)6-3(7)10;;/h(H2,5,6,8,9,10);;/q;+1;-1. The van der Waals surface area contributed by atoms with Crippen molar-refractivity contribution in [1.29, 1.82) is 0 Å². The van der Waals surface area contributed by atoms with Crippen molar-refractivity contribution >= 4 is 11.8 Å². The van der Waals surface area contributed by atoms with Crippen molar-refractivity contribution in [2.45, 2.75) is 0 Å². The van der Waals surface area contributed by atoms with Crippen LogP contribution < -0.4 is 68.5 Å². The Hall–Kier alpha value is 0.336. The number of rotatable bonds is 0. The van der Waals surface area contributed by atoms with Crippen molar-refractivity contribution in [3.63, 3.8) is 0 Å². The van der Waals surface area contributed by atoms with E-state index in [9.17, 15) is 14.4 Å². The third-order valence-corrected chi connectivity index (χ3v) is 1.10. The number of nitrogens with zero attached hydrogens (tertiary/aromatic N) is 1. The van der Waals surface area contributed by atoms with E-state index >= 15 is 0 Å². The molecular weight excluding hydrogens is 201 g/mol. The van der Waals surface area contributed by atoms with E-state index in [2.05, 4.69) is 0 Å². The maximum Gasteiger partial charge on any atom is 1.00 e. The first-order valence-corrected chi connectivity index (χ1v) is 2.57. The van der Waals surface area contributed by atoms with E-state index in [4.69, 9.17) is 11.8 Å². The molecule has 0 spiro atoms. The van der Waals surface area contributed by atoms with Gasteiger partial charge < -0.3 is 1.43 Å². The summed E-state index contributed by atoms with van der Waals surface area (Å²) in [4.78, 5) is 34.6. The molecule has 0 fully saturated rings. The Morgan fingerprint density at radius 2 is 1.55 bits per heavy atom. The molecule has 1 heterocycles. The van der Waals surface area contributed by atoms with Crippen molar-refractivity contribution in [3.05, 3.63) is 31.5 Å². The van der Waals surface area contributed by atoms with Crippen molar-refractivity contribution in [1.82, 2.24) is 14.1 Å². The first-order valence-electron chi connectivity index (χ1n) is 2.23. The number of hydrogen-bond donors (Lipinski definition) is 2. The van der Waals surface area contributed by atoms with Gasteiger partial charge in [0.2, 0.25) is 0 Å². The molecule has 0 unspecified atom stereocenters. The van der Waals surface area contributed by atoms with E-state index in [1.807, 2.05) is 0 Å². The zero-order chi connectivity index (χ0) is 7.72. The van der Waals surface area contributed by atoms with Crippen LogP contribution in [0, 0.1) is 0 Å². The van der Waals surface area contributed by atoms with Gasteiger partial charge in [-0.25, -0.2) is 14.4 Å². The van der Waals surface area contributed by atoms with Crippen LogP contribution in [0.1, 0.15) is 1.43 Å². The van der Waals surface area contributed by atoms with Gasteiger partial charge in [0.05, 0.1) is 0 Å². The van der Waals surface area contributed by atoms with Gasteiger partial charge in [-0.2, -0.15) is 4.09 Å². The second-order valence-electron chi connectivity index (χ2n) is 1.47. The maximum absolute atomic E-state index is 10.4. The quantitative estimate of drug-likeness (QED) is 0.416. The summed E-state index contributed by atoms with van der Waals surface area (Å²) < 4.78 is 0.238. The maximum atomic E-state index is 10.4. The van der Waals surface area contributed by atoms with Crippen LogP contribution >= 0.6 is 11.8 Å². The molecule has 0 aromatic carbocycles.